The molecule has 1 aliphatic heterocycles. The normalized spacial score (nSPS) is 17.7. The Labute approximate surface area is 301 Å². The lowest BCUT2D eigenvalue weighted by atomic mass is 9.95. The molecule has 270 valence electrons. The predicted octanol–water partition coefficient (Wildman–Crippen LogP) is 4.02. The first-order chi connectivity index (χ1) is 22.7. The van der Waals surface area contributed by atoms with Crippen LogP contribution in [0.1, 0.15) is 52.2 Å². The number of carbonyl (C=O) groups is 4. The second kappa shape index (κ2) is 16.5. The smallest absolute Gasteiger partial charge is 0.410 e. The first-order valence-electron chi connectivity index (χ1n) is 15.8. The molecular formula is C34H46IN3O10S. The van der Waals surface area contributed by atoms with Gasteiger partial charge in [-0.15, -0.1) is 0 Å². The van der Waals surface area contributed by atoms with Gasteiger partial charge in [-0.05, 0) is 98.5 Å². The summed E-state index contributed by atoms with van der Waals surface area (Å²) >= 11 is 2.03. The van der Waals surface area contributed by atoms with Crippen LogP contribution in [0.25, 0.3) is 0 Å². The summed E-state index contributed by atoms with van der Waals surface area (Å²) in [4.78, 5) is 56.4. The van der Waals surface area contributed by atoms with Crippen molar-refractivity contribution in [3.63, 3.8) is 0 Å². The van der Waals surface area contributed by atoms with E-state index in [0.29, 0.717) is 5.56 Å². The highest BCUT2D eigenvalue weighted by atomic mass is 127. The monoisotopic (exact) mass is 815 g/mol. The molecule has 2 aromatic carbocycles. The highest BCUT2D eigenvalue weighted by molar-refractivity contribution is 14.1. The lowest BCUT2D eigenvalue weighted by molar-refractivity contribution is -0.148. The van der Waals surface area contributed by atoms with E-state index in [4.69, 9.17) is 13.7 Å². The topological polar surface area (TPSA) is 169 Å². The first-order valence-corrected chi connectivity index (χ1v) is 18.3. The maximum absolute atomic E-state index is 14.2. The van der Waals surface area contributed by atoms with Gasteiger partial charge in [0.15, 0.2) is 0 Å². The zero-order valence-corrected chi connectivity index (χ0v) is 32.0. The van der Waals surface area contributed by atoms with Crippen LogP contribution in [-0.4, -0.2) is 98.2 Å². The average molecular weight is 816 g/mol. The number of benzene rings is 2. The number of phenolic OH excluding ortho intramolecular Hbond substituents is 1. The number of hydrogen-bond donors (Lipinski definition) is 2. The van der Waals surface area contributed by atoms with Gasteiger partial charge in [-0.1, -0.05) is 31.5 Å². The number of likely N-dealkylation sites (N-methyl/N-ethyl adjacent to an activating group) is 1. The molecule has 1 heterocycles. The minimum Gasteiger partial charge on any atom is -0.508 e. The highest BCUT2D eigenvalue weighted by Gasteiger charge is 2.46. The molecule has 0 aromatic heterocycles. The molecule has 0 aliphatic carbocycles. The Morgan fingerprint density at radius 3 is 2.29 bits per heavy atom. The van der Waals surface area contributed by atoms with Crippen molar-refractivity contribution < 1.29 is 46.4 Å². The van der Waals surface area contributed by atoms with Crippen LogP contribution in [-0.2, 0) is 44.6 Å². The highest BCUT2D eigenvalue weighted by Crippen LogP contribution is 2.31. The van der Waals surface area contributed by atoms with Crippen LogP contribution < -0.4 is 5.32 Å². The number of rotatable bonds is 12. The molecule has 2 N–H and O–H groups in total. The third kappa shape index (κ3) is 10.8. The van der Waals surface area contributed by atoms with Crippen molar-refractivity contribution in [3.8, 4) is 5.75 Å². The SMILES string of the molecule is COC(=O)[C@H](Cc1cc(O)cc(I)c1)NC(=O)[C@H](C(C)C)N(C)C(=O)[C@H]1CCN(C(=O)OC(C)(C)C)[C@@H]1COS(=O)(=O)c1ccc(C)cc1. The minimum atomic E-state index is -4.24. The summed E-state index contributed by atoms with van der Waals surface area (Å²) in [7, 11) is -1.60. The summed E-state index contributed by atoms with van der Waals surface area (Å²) in [5.41, 5.74) is 0.584. The number of aromatic hydroxyl groups is 1. The van der Waals surface area contributed by atoms with Crippen LogP contribution in [0.2, 0.25) is 0 Å². The number of methoxy groups -OCH3 is 1. The van der Waals surface area contributed by atoms with Gasteiger partial charge in [0, 0.05) is 23.6 Å². The largest absolute Gasteiger partial charge is 0.508 e. The van der Waals surface area contributed by atoms with Gasteiger partial charge < -0.3 is 29.7 Å². The fourth-order valence-electron chi connectivity index (χ4n) is 5.73. The average Bonchev–Trinajstić information content (AvgIpc) is 3.42. The molecule has 0 unspecified atom stereocenters. The summed E-state index contributed by atoms with van der Waals surface area (Å²) in [6.07, 6.45) is -0.547. The van der Waals surface area contributed by atoms with Gasteiger partial charge in [-0.25, -0.2) is 9.59 Å². The quantitative estimate of drug-likeness (QED) is 0.182. The van der Waals surface area contributed by atoms with E-state index >= 15 is 0 Å². The number of ether oxygens (including phenoxy) is 2. The zero-order valence-electron chi connectivity index (χ0n) is 29.1. The van der Waals surface area contributed by atoms with E-state index in [9.17, 15) is 32.7 Å². The van der Waals surface area contributed by atoms with Crippen molar-refractivity contribution >= 4 is 56.6 Å². The summed E-state index contributed by atoms with van der Waals surface area (Å²) in [5, 5.41) is 12.8. The number of amides is 3. The summed E-state index contributed by atoms with van der Waals surface area (Å²) in [5.74, 6) is -3.20. The standard InChI is InChI=1S/C34H46IN3O10S/c1-20(2)29(30(40)36-27(32(42)46-8)17-22-15-23(35)18-24(39)16-22)37(7)31(41)26-13-14-38(33(43)48-34(4,5)6)28(26)19-47-49(44,45)25-11-9-21(3)10-12-25/h9-12,15-16,18,20,26-29,39H,13-14,17,19H2,1-8H3,(H,36,40)/t26-,27-,28+,29-/m0/s1. The molecule has 3 rings (SSSR count). The Bertz CT molecular complexity index is 1610. The Kier molecular flexibility index (Phi) is 13.5. The molecule has 2 aromatic rings. The zero-order chi connectivity index (χ0) is 36.8. The molecule has 49 heavy (non-hydrogen) atoms. The van der Waals surface area contributed by atoms with E-state index in [1.54, 1.807) is 58.9 Å². The van der Waals surface area contributed by atoms with E-state index in [2.05, 4.69) is 5.32 Å². The molecule has 1 saturated heterocycles. The van der Waals surface area contributed by atoms with E-state index < -0.39 is 76.2 Å². The number of halogens is 1. The lowest BCUT2D eigenvalue weighted by Crippen LogP contribution is -2.56. The number of likely N-dealkylation sites (tertiary alicyclic amines) is 1. The predicted molar refractivity (Wildman–Crippen MR) is 189 cm³/mol. The molecule has 0 bridgehead atoms. The van der Waals surface area contributed by atoms with E-state index in [0.717, 1.165) is 9.13 Å². The van der Waals surface area contributed by atoms with Crippen LogP contribution in [0.5, 0.6) is 5.75 Å². The third-order valence-electron chi connectivity index (χ3n) is 8.04. The number of esters is 1. The van der Waals surface area contributed by atoms with E-state index in [1.165, 1.54) is 42.2 Å². The van der Waals surface area contributed by atoms with Gasteiger partial charge in [0.1, 0.15) is 23.4 Å². The van der Waals surface area contributed by atoms with E-state index in [-0.39, 0.29) is 30.0 Å². The first kappa shape index (κ1) is 40.0. The van der Waals surface area contributed by atoms with Gasteiger partial charge in [0.05, 0.1) is 30.6 Å². The van der Waals surface area contributed by atoms with Crippen LogP contribution in [0.4, 0.5) is 4.79 Å². The van der Waals surface area contributed by atoms with E-state index in [1.807, 2.05) is 29.5 Å². The number of nitrogens with one attached hydrogen (secondary N) is 1. The van der Waals surface area contributed by atoms with Gasteiger partial charge in [-0.3, -0.25) is 13.8 Å². The fraction of sp³-hybridized carbons (Fsp3) is 0.529. The molecular weight excluding hydrogens is 769 g/mol. The Hall–Kier alpha value is -3.44. The Morgan fingerprint density at radius 2 is 1.73 bits per heavy atom. The second-order valence-corrected chi connectivity index (χ2v) is 16.3. The van der Waals surface area contributed by atoms with Crippen molar-refractivity contribution in [2.24, 2.45) is 11.8 Å². The fourth-order valence-corrected chi connectivity index (χ4v) is 7.37. The molecule has 15 heteroatoms. The van der Waals surface area contributed by atoms with Crippen LogP contribution >= 0.6 is 22.6 Å². The molecule has 1 fully saturated rings. The molecule has 13 nitrogen and oxygen atoms in total. The van der Waals surface area contributed by atoms with Gasteiger partial charge in [0.25, 0.3) is 10.1 Å². The maximum atomic E-state index is 14.2. The molecule has 0 radical (unpaired) electrons. The Morgan fingerprint density at radius 1 is 1.10 bits per heavy atom. The molecule has 0 saturated carbocycles. The summed E-state index contributed by atoms with van der Waals surface area (Å²) in [6, 6.07) is 7.67. The third-order valence-corrected chi connectivity index (χ3v) is 9.96. The summed E-state index contributed by atoms with van der Waals surface area (Å²) < 4.78 is 42.9. The minimum absolute atomic E-state index is 0.00409. The molecule has 1 aliphatic rings. The summed E-state index contributed by atoms with van der Waals surface area (Å²) in [6.45, 7) is 9.95. The number of nitrogens with zero attached hydrogens (tertiary/aromatic N) is 2. The number of phenols is 1. The number of carbonyl (C=O) groups excluding carboxylic acids is 4. The number of hydrogen-bond acceptors (Lipinski definition) is 10. The Balaban J connectivity index is 1.88. The lowest BCUT2D eigenvalue weighted by Gasteiger charge is -2.35. The van der Waals surface area contributed by atoms with Crippen LogP contribution in [0.15, 0.2) is 47.4 Å². The molecule has 4 atom stereocenters. The van der Waals surface area contributed by atoms with Gasteiger partial charge >= 0.3 is 12.1 Å². The van der Waals surface area contributed by atoms with Crippen molar-refractivity contribution in [2.45, 2.75) is 83.0 Å². The van der Waals surface area contributed by atoms with Crippen molar-refractivity contribution in [1.82, 2.24) is 15.1 Å². The van der Waals surface area contributed by atoms with Crippen LogP contribution in [0, 0.1) is 22.3 Å². The maximum Gasteiger partial charge on any atom is 0.410 e. The van der Waals surface area contributed by atoms with Gasteiger partial charge in [-0.2, -0.15) is 8.42 Å². The second-order valence-electron chi connectivity index (χ2n) is 13.4. The number of aryl methyl sites for hydroxylation is 1. The van der Waals surface area contributed by atoms with Crippen LogP contribution in [0.3, 0.4) is 0 Å². The van der Waals surface area contributed by atoms with Crippen molar-refractivity contribution in [1.29, 1.82) is 0 Å². The molecule has 0 spiro atoms. The van der Waals surface area contributed by atoms with Crippen molar-refractivity contribution in [3.05, 3.63) is 57.2 Å². The molecule has 3 amide bonds. The van der Waals surface area contributed by atoms with Gasteiger partial charge in [0.2, 0.25) is 11.8 Å². The van der Waals surface area contributed by atoms with Crippen molar-refractivity contribution in [2.75, 3.05) is 27.3 Å².